The van der Waals surface area contributed by atoms with Crippen LogP contribution in [0.25, 0.3) is 0 Å². The quantitative estimate of drug-likeness (QED) is 0.886. The Labute approximate surface area is 114 Å². The van der Waals surface area contributed by atoms with Crippen molar-refractivity contribution in [2.24, 2.45) is 5.41 Å². The van der Waals surface area contributed by atoms with Crippen LogP contribution in [-0.4, -0.2) is 34.6 Å². The Kier molecular flexibility index (Phi) is 4.53. The number of carboxylic acids is 1. The maximum atomic E-state index is 11.6. The second-order valence-corrected chi connectivity index (χ2v) is 5.68. The highest BCUT2D eigenvalue weighted by Gasteiger charge is 2.40. The Balaban J connectivity index is 1.99. The first kappa shape index (κ1) is 14.0. The zero-order chi connectivity index (χ0) is 13.7. The molecule has 0 aliphatic heterocycles. The van der Waals surface area contributed by atoms with Crippen molar-refractivity contribution >= 4 is 5.97 Å². The monoisotopic (exact) mass is 262 g/mol. The third-order valence-corrected chi connectivity index (χ3v) is 4.01. The van der Waals surface area contributed by atoms with Gasteiger partial charge in [0, 0.05) is 25.5 Å². The van der Waals surface area contributed by atoms with E-state index < -0.39 is 11.4 Å². The van der Waals surface area contributed by atoms with Crippen molar-refractivity contribution in [2.75, 3.05) is 13.6 Å². The van der Waals surface area contributed by atoms with E-state index >= 15 is 0 Å². The van der Waals surface area contributed by atoms with Crippen LogP contribution in [0, 0.1) is 5.41 Å². The molecule has 1 aromatic rings. The van der Waals surface area contributed by atoms with Crippen molar-refractivity contribution in [1.82, 2.24) is 9.88 Å². The molecule has 0 spiro atoms. The summed E-state index contributed by atoms with van der Waals surface area (Å²) in [5, 5.41) is 9.56. The number of nitrogens with zero attached hydrogens (tertiary/aromatic N) is 2. The van der Waals surface area contributed by atoms with E-state index in [1.54, 1.807) is 6.20 Å². The lowest BCUT2D eigenvalue weighted by molar-refractivity contribution is -0.152. The van der Waals surface area contributed by atoms with Crippen molar-refractivity contribution in [2.45, 2.75) is 38.6 Å². The number of pyridine rings is 1. The Morgan fingerprint density at radius 1 is 1.42 bits per heavy atom. The van der Waals surface area contributed by atoms with Crippen molar-refractivity contribution in [3.8, 4) is 0 Å². The van der Waals surface area contributed by atoms with Crippen LogP contribution in [0.2, 0.25) is 0 Å². The molecule has 0 unspecified atom stereocenters. The van der Waals surface area contributed by atoms with E-state index in [2.05, 4.69) is 9.88 Å². The van der Waals surface area contributed by atoms with E-state index in [-0.39, 0.29) is 0 Å². The Morgan fingerprint density at radius 2 is 2.16 bits per heavy atom. The van der Waals surface area contributed by atoms with Crippen LogP contribution >= 0.6 is 0 Å². The topological polar surface area (TPSA) is 53.4 Å². The van der Waals surface area contributed by atoms with Gasteiger partial charge in [0.05, 0.1) is 5.41 Å². The van der Waals surface area contributed by atoms with Crippen LogP contribution in [0.3, 0.4) is 0 Å². The van der Waals surface area contributed by atoms with Crippen LogP contribution in [0.5, 0.6) is 0 Å². The number of carboxylic acid groups (broad SMARTS) is 1. The first-order valence-corrected chi connectivity index (χ1v) is 6.93. The molecule has 1 aliphatic carbocycles. The van der Waals surface area contributed by atoms with Crippen molar-refractivity contribution in [3.63, 3.8) is 0 Å². The predicted octanol–water partition coefficient (Wildman–Crippen LogP) is 2.55. The molecule has 1 fully saturated rings. The summed E-state index contributed by atoms with van der Waals surface area (Å²) < 4.78 is 0. The van der Waals surface area contributed by atoms with E-state index in [9.17, 15) is 9.90 Å². The second kappa shape index (κ2) is 6.15. The Morgan fingerprint density at radius 3 is 2.74 bits per heavy atom. The molecule has 0 saturated heterocycles. The number of aromatic nitrogens is 1. The molecule has 19 heavy (non-hydrogen) atoms. The van der Waals surface area contributed by atoms with Gasteiger partial charge in [-0.1, -0.05) is 25.3 Å². The fourth-order valence-electron chi connectivity index (χ4n) is 3.04. The normalized spacial score (nSPS) is 18.4. The SMILES string of the molecule is CN(Cc1cccnc1)CC1(C(=O)O)CCCCC1. The summed E-state index contributed by atoms with van der Waals surface area (Å²) >= 11 is 0. The van der Waals surface area contributed by atoms with E-state index in [0.29, 0.717) is 6.54 Å². The summed E-state index contributed by atoms with van der Waals surface area (Å²) in [7, 11) is 1.99. The van der Waals surface area contributed by atoms with Gasteiger partial charge in [0.25, 0.3) is 0 Å². The van der Waals surface area contributed by atoms with Gasteiger partial charge in [-0.15, -0.1) is 0 Å². The molecule has 4 heteroatoms. The molecule has 1 N–H and O–H groups in total. The highest BCUT2D eigenvalue weighted by molar-refractivity contribution is 5.75. The van der Waals surface area contributed by atoms with Gasteiger partial charge in [-0.3, -0.25) is 9.78 Å². The maximum absolute atomic E-state index is 11.6. The third kappa shape index (κ3) is 3.53. The van der Waals surface area contributed by atoms with Gasteiger partial charge in [0.1, 0.15) is 0 Å². The van der Waals surface area contributed by atoms with Crippen LogP contribution in [0.15, 0.2) is 24.5 Å². The summed E-state index contributed by atoms with van der Waals surface area (Å²) in [4.78, 5) is 17.8. The van der Waals surface area contributed by atoms with Crippen molar-refractivity contribution in [1.29, 1.82) is 0 Å². The molecule has 1 aliphatic rings. The smallest absolute Gasteiger partial charge is 0.310 e. The van der Waals surface area contributed by atoms with Gasteiger partial charge in [0.15, 0.2) is 0 Å². The average molecular weight is 262 g/mol. The predicted molar refractivity (Wildman–Crippen MR) is 73.7 cm³/mol. The van der Waals surface area contributed by atoms with Crippen LogP contribution in [-0.2, 0) is 11.3 Å². The molecule has 1 aromatic heterocycles. The van der Waals surface area contributed by atoms with E-state index in [4.69, 9.17) is 0 Å². The number of rotatable bonds is 5. The summed E-state index contributed by atoms with van der Waals surface area (Å²) in [6.45, 7) is 1.38. The zero-order valence-corrected chi connectivity index (χ0v) is 11.5. The zero-order valence-electron chi connectivity index (χ0n) is 11.5. The van der Waals surface area contributed by atoms with Gasteiger partial charge in [0.2, 0.25) is 0 Å². The number of hydrogen-bond acceptors (Lipinski definition) is 3. The van der Waals surface area contributed by atoms with Gasteiger partial charge in [-0.05, 0) is 31.5 Å². The highest BCUT2D eigenvalue weighted by Crippen LogP contribution is 2.37. The molecule has 0 aromatic carbocycles. The molecule has 2 rings (SSSR count). The molecule has 104 valence electrons. The van der Waals surface area contributed by atoms with Crippen LogP contribution in [0.4, 0.5) is 0 Å². The summed E-state index contributed by atoms with van der Waals surface area (Å²) in [6, 6.07) is 3.94. The molecule has 4 nitrogen and oxygen atoms in total. The molecule has 0 radical (unpaired) electrons. The summed E-state index contributed by atoms with van der Waals surface area (Å²) in [5.74, 6) is -0.634. The minimum absolute atomic E-state index is 0.546. The Hall–Kier alpha value is -1.42. The minimum atomic E-state index is -0.634. The van der Waals surface area contributed by atoms with Crippen molar-refractivity contribution in [3.05, 3.63) is 30.1 Å². The van der Waals surface area contributed by atoms with Gasteiger partial charge < -0.3 is 10.0 Å². The second-order valence-electron chi connectivity index (χ2n) is 5.68. The van der Waals surface area contributed by atoms with Gasteiger partial charge in [-0.25, -0.2) is 0 Å². The molecular formula is C15H22N2O2. The summed E-state index contributed by atoms with van der Waals surface area (Å²) in [5.41, 5.74) is 0.580. The maximum Gasteiger partial charge on any atom is 0.310 e. The molecule has 0 bridgehead atoms. The molecule has 0 atom stereocenters. The molecule has 1 heterocycles. The first-order chi connectivity index (χ1) is 9.12. The van der Waals surface area contributed by atoms with Crippen LogP contribution in [0.1, 0.15) is 37.7 Å². The fourth-order valence-corrected chi connectivity index (χ4v) is 3.04. The Bertz CT molecular complexity index is 413. The van der Waals surface area contributed by atoms with E-state index in [1.807, 2.05) is 25.4 Å². The van der Waals surface area contributed by atoms with Crippen molar-refractivity contribution < 1.29 is 9.90 Å². The van der Waals surface area contributed by atoms with Gasteiger partial charge in [-0.2, -0.15) is 0 Å². The molecule has 0 amide bonds. The summed E-state index contributed by atoms with van der Waals surface area (Å²) in [6.07, 6.45) is 8.44. The van der Waals surface area contributed by atoms with Crippen LogP contribution < -0.4 is 0 Å². The van der Waals surface area contributed by atoms with E-state index in [1.165, 1.54) is 6.42 Å². The lowest BCUT2D eigenvalue weighted by Crippen LogP contribution is -2.43. The lowest BCUT2D eigenvalue weighted by Gasteiger charge is -2.36. The highest BCUT2D eigenvalue weighted by atomic mass is 16.4. The minimum Gasteiger partial charge on any atom is -0.481 e. The third-order valence-electron chi connectivity index (χ3n) is 4.01. The number of carbonyl (C=O) groups is 1. The molecule has 1 saturated carbocycles. The average Bonchev–Trinajstić information content (AvgIpc) is 2.40. The largest absolute Gasteiger partial charge is 0.481 e. The first-order valence-electron chi connectivity index (χ1n) is 6.93. The number of hydrogen-bond donors (Lipinski definition) is 1. The molecular weight excluding hydrogens is 240 g/mol. The fraction of sp³-hybridized carbons (Fsp3) is 0.600. The number of aliphatic carboxylic acids is 1. The lowest BCUT2D eigenvalue weighted by atomic mass is 9.73. The van der Waals surface area contributed by atoms with E-state index in [0.717, 1.165) is 37.8 Å². The standard InChI is InChI=1S/C15H22N2O2/c1-17(11-13-6-5-9-16-10-13)12-15(14(18)19)7-3-2-4-8-15/h5-6,9-10H,2-4,7-8,11-12H2,1H3,(H,18,19). The van der Waals surface area contributed by atoms with Gasteiger partial charge >= 0.3 is 5.97 Å².